The zero-order valence-corrected chi connectivity index (χ0v) is 14.4. The smallest absolute Gasteiger partial charge is 0.288 e. The van der Waals surface area contributed by atoms with E-state index in [-0.39, 0.29) is 28.6 Å². The Bertz CT molecular complexity index is 813. The van der Waals surface area contributed by atoms with Crippen molar-refractivity contribution in [2.24, 2.45) is 0 Å². The van der Waals surface area contributed by atoms with Crippen LogP contribution in [0, 0.1) is 15.9 Å². The first-order valence-corrected chi connectivity index (χ1v) is 7.80. The summed E-state index contributed by atoms with van der Waals surface area (Å²) in [5.74, 6) is -0.810. The third kappa shape index (κ3) is 4.24. The lowest BCUT2D eigenvalue weighted by molar-refractivity contribution is -0.384. The van der Waals surface area contributed by atoms with E-state index < -0.39 is 16.6 Å². The summed E-state index contributed by atoms with van der Waals surface area (Å²) in [5.41, 5.74) is 0.392. The molecule has 132 valence electrons. The molecule has 0 unspecified atom stereocenters. The van der Waals surface area contributed by atoms with Crippen LogP contribution >= 0.6 is 11.6 Å². The summed E-state index contributed by atoms with van der Waals surface area (Å²) in [7, 11) is 1.37. The Morgan fingerprint density at radius 3 is 2.60 bits per heavy atom. The Hall–Kier alpha value is -2.67. The Labute approximate surface area is 148 Å². The van der Waals surface area contributed by atoms with Crippen LogP contribution in [-0.4, -0.2) is 29.4 Å². The lowest BCUT2D eigenvalue weighted by Crippen LogP contribution is -2.30. The van der Waals surface area contributed by atoms with E-state index in [0.717, 1.165) is 6.07 Å². The van der Waals surface area contributed by atoms with E-state index in [1.807, 2.05) is 0 Å². The number of halogens is 2. The molecule has 0 aliphatic heterocycles. The third-order valence-electron chi connectivity index (χ3n) is 3.65. The van der Waals surface area contributed by atoms with Gasteiger partial charge in [0.15, 0.2) is 11.6 Å². The van der Waals surface area contributed by atoms with Gasteiger partial charge in [-0.15, -0.1) is 0 Å². The number of benzene rings is 2. The third-order valence-corrected chi connectivity index (χ3v) is 3.97. The highest BCUT2D eigenvalue weighted by Gasteiger charge is 2.20. The molecule has 2 rings (SSSR count). The van der Waals surface area contributed by atoms with E-state index in [0.29, 0.717) is 12.1 Å². The first-order chi connectivity index (χ1) is 11.9. The molecular weight excluding hydrogens is 351 g/mol. The molecule has 0 heterocycles. The molecule has 0 fully saturated rings. The first-order valence-electron chi connectivity index (χ1n) is 7.43. The molecule has 0 spiro atoms. The maximum Gasteiger partial charge on any atom is 0.288 e. The van der Waals surface area contributed by atoms with Gasteiger partial charge in [-0.3, -0.25) is 14.9 Å². The van der Waals surface area contributed by atoms with Crippen molar-refractivity contribution in [1.82, 2.24) is 4.90 Å². The molecule has 8 heteroatoms. The number of rotatable bonds is 6. The lowest BCUT2D eigenvalue weighted by atomic mass is 10.1. The summed E-state index contributed by atoms with van der Waals surface area (Å²) in [6, 6.07) is 8.31. The number of hydrogen-bond acceptors (Lipinski definition) is 4. The van der Waals surface area contributed by atoms with Gasteiger partial charge in [-0.1, -0.05) is 17.7 Å². The summed E-state index contributed by atoms with van der Waals surface area (Å²) in [6.45, 7) is 2.28. The molecule has 0 aliphatic rings. The van der Waals surface area contributed by atoms with Gasteiger partial charge in [-0.25, -0.2) is 4.39 Å². The molecule has 0 bridgehead atoms. The summed E-state index contributed by atoms with van der Waals surface area (Å²) in [6.07, 6.45) is 0. The minimum atomic E-state index is -0.645. The Morgan fingerprint density at radius 2 is 2.04 bits per heavy atom. The molecule has 1 amide bonds. The van der Waals surface area contributed by atoms with Crippen molar-refractivity contribution in [1.29, 1.82) is 0 Å². The average Bonchev–Trinajstić information content (AvgIpc) is 2.59. The second kappa shape index (κ2) is 7.94. The van der Waals surface area contributed by atoms with Crippen LogP contribution in [0.15, 0.2) is 36.4 Å². The van der Waals surface area contributed by atoms with E-state index in [2.05, 4.69) is 0 Å². The van der Waals surface area contributed by atoms with Gasteiger partial charge in [-0.05, 0) is 36.8 Å². The largest absolute Gasteiger partial charge is 0.494 e. The van der Waals surface area contributed by atoms with Gasteiger partial charge in [-0.2, -0.15) is 0 Å². The zero-order valence-electron chi connectivity index (χ0n) is 13.7. The molecule has 0 saturated heterocycles. The lowest BCUT2D eigenvalue weighted by Gasteiger charge is -2.21. The fourth-order valence-corrected chi connectivity index (χ4v) is 2.51. The number of nitro groups is 1. The molecule has 0 aromatic heterocycles. The molecule has 6 nitrogen and oxygen atoms in total. The number of carbonyl (C=O) groups is 1. The number of hydrogen-bond donors (Lipinski definition) is 0. The van der Waals surface area contributed by atoms with Gasteiger partial charge in [0.1, 0.15) is 5.02 Å². The van der Waals surface area contributed by atoms with Gasteiger partial charge in [0.2, 0.25) is 0 Å². The van der Waals surface area contributed by atoms with Crippen molar-refractivity contribution in [2.75, 3.05) is 13.7 Å². The van der Waals surface area contributed by atoms with Crippen molar-refractivity contribution in [3.63, 3.8) is 0 Å². The van der Waals surface area contributed by atoms with Gasteiger partial charge in [0, 0.05) is 24.7 Å². The Kier molecular flexibility index (Phi) is 5.93. The highest BCUT2D eigenvalue weighted by atomic mass is 35.5. The fraction of sp³-hybridized carbons (Fsp3) is 0.235. The number of amides is 1. The first kappa shape index (κ1) is 18.7. The van der Waals surface area contributed by atoms with Gasteiger partial charge < -0.3 is 9.64 Å². The van der Waals surface area contributed by atoms with E-state index in [9.17, 15) is 19.3 Å². The number of carbonyl (C=O) groups excluding carboxylic acids is 1. The number of nitrogens with zero attached hydrogens (tertiary/aromatic N) is 2. The second-order valence-corrected chi connectivity index (χ2v) is 5.62. The molecular formula is C17H16ClFN2O4. The Morgan fingerprint density at radius 1 is 1.32 bits per heavy atom. The van der Waals surface area contributed by atoms with E-state index in [4.69, 9.17) is 16.3 Å². The van der Waals surface area contributed by atoms with Crippen LogP contribution < -0.4 is 4.74 Å². The molecule has 0 saturated carbocycles. The molecule has 2 aromatic rings. The van der Waals surface area contributed by atoms with Crippen molar-refractivity contribution in [3.05, 3.63) is 68.5 Å². The standard InChI is InChI=1S/C17H16ClFN2O4/c1-3-20(10-11-4-7-16(25-2)14(19)8-11)17(22)12-5-6-13(18)15(9-12)21(23)24/h4-9H,3,10H2,1-2H3. The van der Waals surface area contributed by atoms with Crippen LogP contribution in [0.4, 0.5) is 10.1 Å². The minimum Gasteiger partial charge on any atom is -0.494 e. The summed E-state index contributed by atoms with van der Waals surface area (Å²) < 4.78 is 18.7. The number of ether oxygens (including phenoxy) is 1. The minimum absolute atomic E-state index is 0.0400. The molecule has 0 N–H and O–H groups in total. The highest BCUT2D eigenvalue weighted by Crippen LogP contribution is 2.26. The summed E-state index contributed by atoms with van der Waals surface area (Å²) in [5, 5.41) is 10.9. The SMILES string of the molecule is CCN(Cc1ccc(OC)c(F)c1)C(=O)c1ccc(Cl)c([N+](=O)[O-])c1. The number of methoxy groups -OCH3 is 1. The van der Waals surface area contributed by atoms with Crippen LogP contribution in [0.3, 0.4) is 0 Å². The van der Waals surface area contributed by atoms with E-state index >= 15 is 0 Å². The number of nitro benzene ring substituents is 1. The Balaban J connectivity index is 2.25. The quantitative estimate of drug-likeness (QED) is 0.571. The molecule has 0 atom stereocenters. The van der Waals surface area contributed by atoms with Crippen LogP contribution in [0.2, 0.25) is 5.02 Å². The molecule has 0 aliphatic carbocycles. The van der Waals surface area contributed by atoms with Crippen molar-refractivity contribution >= 4 is 23.2 Å². The summed E-state index contributed by atoms with van der Waals surface area (Å²) >= 11 is 5.76. The van der Waals surface area contributed by atoms with Crippen molar-refractivity contribution < 1.29 is 18.8 Å². The van der Waals surface area contributed by atoms with Crippen molar-refractivity contribution in [2.45, 2.75) is 13.5 Å². The second-order valence-electron chi connectivity index (χ2n) is 5.21. The van der Waals surface area contributed by atoms with Crippen LogP contribution in [0.25, 0.3) is 0 Å². The average molecular weight is 367 g/mol. The maximum atomic E-state index is 13.8. The van der Waals surface area contributed by atoms with Gasteiger partial charge in [0.25, 0.3) is 11.6 Å². The normalized spacial score (nSPS) is 10.4. The van der Waals surface area contributed by atoms with Gasteiger partial charge in [0.05, 0.1) is 12.0 Å². The predicted molar refractivity (Wildman–Crippen MR) is 91.5 cm³/mol. The van der Waals surface area contributed by atoms with E-state index in [1.54, 1.807) is 13.0 Å². The van der Waals surface area contributed by atoms with Gasteiger partial charge >= 0.3 is 0 Å². The predicted octanol–water partition coefficient (Wildman–Crippen LogP) is 4.06. The zero-order chi connectivity index (χ0) is 18.6. The molecule has 0 radical (unpaired) electrons. The van der Waals surface area contributed by atoms with Crippen LogP contribution in [0.1, 0.15) is 22.8 Å². The topological polar surface area (TPSA) is 72.7 Å². The highest BCUT2D eigenvalue weighted by molar-refractivity contribution is 6.32. The van der Waals surface area contributed by atoms with Crippen LogP contribution in [0.5, 0.6) is 5.75 Å². The monoisotopic (exact) mass is 366 g/mol. The summed E-state index contributed by atoms with van der Waals surface area (Å²) in [4.78, 5) is 24.4. The van der Waals surface area contributed by atoms with Crippen LogP contribution in [-0.2, 0) is 6.54 Å². The molecule has 25 heavy (non-hydrogen) atoms. The van der Waals surface area contributed by atoms with E-state index in [1.165, 1.54) is 36.3 Å². The maximum absolute atomic E-state index is 13.8. The van der Waals surface area contributed by atoms with Crippen molar-refractivity contribution in [3.8, 4) is 5.75 Å². The molecule has 2 aromatic carbocycles. The fourth-order valence-electron chi connectivity index (χ4n) is 2.32.